The van der Waals surface area contributed by atoms with E-state index in [1.807, 2.05) is 32.0 Å². The van der Waals surface area contributed by atoms with Crippen LogP contribution in [0.5, 0.6) is 0 Å². The molecule has 0 aliphatic carbocycles. The Bertz CT molecular complexity index is 499. The molecule has 0 aliphatic rings. The van der Waals surface area contributed by atoms with Crippen molar-refractivity contribution in [3.05, 3.63) is 34.9 Å². The van der Waals surface area contributed by atoms with Crippen molar-refractivity contribution in [1.82, 2.24) is 5.32 Å². The number of benzene rings is 1. The van der Waals surface area contributed by atoms with Gasteiger partial charge in [0.05, 0.1) is 6.42 Å². The molecule has 0 heterocycles. The summed E-state index contributed by atoms with van der Waals surface area (Å²) in [5, 5.41) is 11.7. The van der Waals surface area contributed by atoms with Gasteiger partial charge in [-0.05, 0) is 37.8 Å². The fourth-order valence-corrected chi connectivity index (χ4v) is 2.10. The molecule has 0 bridgehead atoms. The van der Waals surface area contributed by atoms with Crippen molar-refractivity contribution in [2.75, 3.05) is 13.7 Å². The highest BCUT2D eigenvalue weighted by Crippen LogP contribution is 2.11. The van der Waals surface area contributed by atoms with E-state index < -0.39 is 12.0 Å². The lowest BCUT2D eigenvalue weighted by Crippen LogP contribution is -2.41. The number of aliphatic carboxylic acids is 1. The molecule has 1 amide bonds. The summed E-state index contributed by atoms with van der Waals surface area (Å²) in [6.07, 6.45) is 1.15. The Labute approximate surface area is 125 Å². The van der Waals surface area contributed by atoms with Gasteiger partial charge >= 0.3 is 5.97 Å². The van der Waals surface area contributed by atoms with Gasteiger partial charge in [-0.3, -0.25) is 4.79 Å². The number of hydrogen-bond acceptors (Lipinski definition) is 3. The first-order valence-electron chi connectivity index (χ1n) is 7.01. The minimum atomic E-state index is -1.01. The molecule has 1 unspecified atom stereocenters. The van der Waals surface area contributed by atoms with Gasteiger partial charge in [0, 0.05) is 13.7 Å². The number of nitrogens with one attached hydrogen (secondary N) is 1. The maximum Gasteiger partial charge on any atom is 0.326 e. The number of hydrogen-bond donors (Lipinski definition) is 2. The summed E-state index contributed by atoms with van der Waals surface area (Å²) in [4.78, 5) is 23.2. The highest BCUT2D eigenvalue weighted by Gasteiger charge is 2.19. The molecule has 0 fully saturated rings. The molecule has 1 aromatic carbocycles. The first-order valence-corrected chi connectivity index (χ1v) is 7.01. The molecule has 5 heteroatoms. The molecular weight excluding hydrogens is 270 g/mol. The molecule has 1 atom stereocenters. The number of carboxylic acid groups (broad SMARTS) is 1. The quantitative estimate of drug-likeness (QED) is 0.717. The Morgan fingerprint density at radius 1 is 1.33 bits per heavy atom. The van der Waals surface area contributed by atoms with E-state index in [1.54, 1.807) is 7.11 Å². The minimum Gasteiger partial charge on any atom is -0.480 e. The molecular formula is C16H23NO4. The van der Waals surface area contributed by atoms with Crippen LogP contribution in [0.3, 0.4) is 0 Å². The van der Waals surface area contributed by atoms with Crippen LogP contribution in [0.4, 0.5) is 0 Å². The van der Waals surface area contributed by atoms with Gasteiger partial charge in [0.1, 0.15) is 6.04 Å². The van der Waals surface area contributed by atoms with E-state index in [0.29, 0.717) is 19.4 Å². The third-order valence-corrected chi connectivity index (χ3v) is 3.33. The molecule has 0 spiro atoms. The molecule has 0 saturated carbocycles. The first-order chi connectivity index (χ1) is 9.93. The van der Waals surface area contributed by atoms with Crippen molar-refractivity contribution in [2.24, 2.45) is 0 Å². The molecule has 0 radical (unpaired) electrons. The maximum absolute atomic E-state index is 12.0. The van der Waals surface area contributed by atoms with Gasteiger partial charge in [0.2, 0.25) is 5.91 Å². The van der Waals surface area contributed by atoms with Crippen molar-refractivity contribution in [3.8, 4) is 0 Å². The van der Waals surface area contributed by atoms with Crippen LogP contribution in [0.1, 0.15) is 29.5 Å². The number of methoxy groups -OCH3 is 1. The molecule has 2 N–H and O–H groups in total. The maximum atomic E-state index is 12.0. The summed E-state index contributed by atoms with van der Waals surface area (Å²) in [6, 6.07) is 5.04. The van der Waals surface area contributed by atoms with Gasteiger partial charge < -0.3 is 15.2 Å². The molecule has 1 rings (SSSR count). The van der Waals surface area contributed by atoms with E-state index in [-0.39, 0.29) is 12.3 Å². The van der Waals surface area contributed by atoms with E-state index in [9.17, 15) is 9.59 Å². The molecule has 1 aromatic rings. The van der Waals surface area contributed by atoms with Crippen LogP contribution in [0.2, 0.25) is 0 Å². The molecule has 116 valence electrons. The van der Waals surface area contributed by atoms with Crippen molar-refractivity contribution in [3.63, 3.8) is 0 Å². The molecule has 0 aliphatic heterocycles. The van der Waals surface area contributed by atoms with Crippen LogP contribution in [0.15, 0.2) is 18.2 Å². The fraction of sp³-hybridized carbons (Fsp3) is 0.500. The first kappa shape index (κ1) is 17.2. The number of ether oxygens (including phenoxy) is 1. The Morgan fingerprint density at radius 2 is 2.05 bits per heavy atom. The number of carbonyl (C=O) groups excluding carboxylic acids is 1. The van der Waals surface area contributed by atoms with E-state index >= 15 is 0 Å². The summed E-state index contributed by atoms with van der Waals surface area (Å²) in [5.41, 5.74) is 3.04. The van der Waals surface area contributed by atoms with Crippen molar-refractivity contribution < 1.29 is 19.4 Å². The monoisotopic (exact) mass is 293 g/mol. The molecule has 0 aromatic heterocycles. The smallest absolute Gasteiger partial charge is 0.326 e. The highest BCUT2D eigenvalue weighted by atomic mass is 16.5. The summed E-state index contributed by atoms with van der Waals surface area (Å²) in [5.74, 6) is -1.28. The van der Waals surface area contributed by atoms with E-state index in [1.165, 1.54) is 0 Å². The van der Waals surface area contributed by atoms with Gasteiger partial charge in [-0.1, -0.05) is 23.8 Å². The minimum absolute atomic E-state index is 0.196. The molecule has 0 saturated heterocycles. The van der Waals surface area contributed by atoms with Crippen LogP contribution in [0.25, 0.3) is 0 Å². The summed E-state index contributed by atoms with van der Waals surface area (Å²) in [7, 11) is 1.56. The molecule has 5 nitrogen and oxygen atoms in total. The van der Waals surface area contributed by atoms with Gasteiger partial charge in [-0.15, -0.1) is 0 Å². The Morgan fingerprint density at radius 3 is 2.67 bits per heavy atom. The van der Waals surface area contributed by atoms with Crippen LogP contribution in [-0.2, 0) is 20.7 Å². The van der Waals surface area contributed by atoms with Crippen LogP contribution < -0.4 is 5.32 Å². The normalized spacial score (nSPS) is 12.0. The fourth-order valence-electron chi connectivity index (χ4n) is 2.10. The molecule has 21 heavy (non-hydrogen) atoms. The topological polar surface area (TPSA) is 75.6 Å². The van der Waals surface area contributed by atoms with Crippen LogP contribution in [-0.4, -0.2) is 36.7 Å². The number of aryl methyl sites for hydroxylation is 2. The predicted octanol–water partition coefficient (Wildman–Crippen LogP) is 1.84. The SMILES string of the molecule is COCCCC(NC(=O)Cc1cc(C)ccc1C)C(=O)O. The van der Waals surface area contributed by atoms with E-state index in [4.69, 9.17) is 9.84 Å². The highest BCUT2D eigenvalue weighted by molar-refractivity contribution is 5.85. The third kappa shape index (κ3) is 5.95. The number of rotatable bonds is 8. The largest absolute Gasteiger partial charge is 0.480 e. The van der Waals surface area contributed by atoms with Crippen LogP contribution in [0, 0.1) is 13.8 Å². The van der Waals surface area contributed by atoms with Gasteiger partial charge in [-0.2, -0.15) is 0 Å². The second-order valence-corrected chi connectivity index (χ2v) is 5.20. The average molecular weight is 293 g/mol. The zero-order chi connectivity index (χ0) is 15.8. The Hall–Kier alpha value is -1.88. The van der Waals surface area contributed by atoms with Gasteiger partial charge in [0.25, 0.3) is 0 Å². The van der Waals surface area contributed by atoms with Gasteiger partial charge in [-0.25, -0.2) is 4.79 Å². The van der Waals surface area contributed by atoms with Gasteiger partial charge in [0.15, 0.2) is 0 Å². The average Bonchev–Trinajstić information content (AvgIpc) is 2.42. The van der Waals surface area contributed by atoms with Crippen LogP contribution >= 0.6 is 0 Å². The van der Waals surface area contributed by atoms with Crippen molar-refractivity contribution in [2.45, 2.75) is 39.2 Å². The lowest BCUT2D eigenvalue weighted by atomic mass is 10.0. The number of amides is 1. The standard InChI is InChI=1S/C16H23NO4/c1-11-6-7-12(2)13(9-11)10-15(18)17-14(16(19)20)5-4-8-21-3/h6-7,9,14H,4-5,8,10H2,1-3H3,(H,17,18)(H,19,20). The lowest BCUT2D eigenvalue weighted by molar-refractivity contribution is -0.142. The zero-order valence-electron chi connectivity index (χ0n) is 12.8. The summed E-state index contributed by atoms with van der Waals surface area (Å²) >= 11 is 0. The predicted molar refractivity (Wildman–Crippen MR) is 80.3 cm³/mol. The Balaban J connectivity index is 2.61. The lowest BCUT2D eigenvalue weighted by Gasteiger charge is -2.15. The third-order valence-electron chi connectivity index (χ3n) is 3.33. The zero-order valence-corrected chi connectivity index (χ0v) is 12.8. The number of carbonyl (C=O) groups is 2. The summed E-state index contributed by atoms with van der Waals surface area (Å²) < 4.78 is 4.90. The van der Waals surface area contributed by atoms with Crippen molar-refractivity contribution >= 4 is 11.9 Å². The Kier molecular flexibility index (Phi) is 6.88. The van der Waals surface area contributed by atoms with Crippen molar-refractivity contribution in [1.29, 1.82) is 0 Å². The van der Waals surface area contributed by atoms with E-state index in [0.717, 1.165) is 16.7 Å². The second kappa shape index (κ2) is 8.42. The number of carboxylic acids is 1. The van der Waals surface area contributed by atoms with E-state index in [2.05, 4.69) is 5.32 Å². The summed E-state index contributed by atoms with van der Waals surface area (Å²) in [6.45, 7) is 4.39. The second-order valence-electron chi connectivity index (χ2n) is 5.20.